The second kappa shape index (κ2) is 12.5. The van der Waals surface area contributed by atoms with Crippen LogP contribution in [0.5, 0.6) is 6.01 Å². The highest BCUT2D eigenvalue weighted by Gasteiger charge is 2.47. The summed E-state index contributed by atoms with van der Waals surface area (Å²) in [5, 5.41) is 12.5. The van der Waals surface area contributed by atoms with Crippen molar-refractivity contribution in [2.75, 3.05) is 56.2 Å². The van der Waals surface area contributed by atoms with Gasteiger partial charge in [-0.25, -0.2) is 0 Å². The van der Waals surface area contributed by atoms with Crippen LogP contribution in [-0.2, 0) is 22.5 Å². The first-order valence-electron chi connectivity index (χ1n) is 15.8. The summed E-state index contributed by atoms with van der Waals surface area (Å²) in [6.07, 6.45) is 4.14. The quantitative estimate of drug-likeness (QED) is 0.269. The lowest BCUT2D eigenvalue weighted by Gasteiger charge is -2.42. The molecule has 0 saturated carbocycles. The standard InChI is InChI=1S/C34H38ClN7O3/c1-3-29-31(45-29)33(43)42-18-17-41(19-23(42)12-14-36)32-25-13-16-40(28-11-5-8-22-7-4-10-26(35)30(22)28)20-27(25)37-34(38-32)44-21-24-9-6-15-39(24)2/h3-5,7-8,10-11,23-24,29,31H,1,6,9,12-13,15-21H2,2H3/t23-,24-,29-,31+/m0/s1. The number of anilines is 2. The molecule has 45 heavy (non-hydrogen) atoms. The number of piperazine rings is 1. The minimum Gasteiger partial charge on any atom is -0.462 e. The van der Waals surface area contributed by atoms with Gasteiger partial charge in [-0.05, 0) is 50.4 Å². The fraction of sp³-hybridized carbons (Fsp3) is 0.471. The maximum Gasteiger partial charge on any atom is 0.318 e. The normalized spacial score (nSPS) is 24.8. The van der Waals surface area contributed by atoms with E-state index in [1.165, 1.54) is 0 Å². The Morgan fingerprint density at radius 1 is 1.16 bits per heavy atom. The monoisotopic (exact) mass is 627 g/mol. The maximum absolute atomic E-state index is 13.2. The van der Waals surface area contributed by atoms with Gasteiger partial charge in [-0.2, -0.15) is 15.2 Å². The number of carbonyl (C=O) groups is 1. The van der Waals surface area contributed by atoms with Gasteiger partial charge in [0.2, 0.25) is 0 Å². The van der Waals surface area contributed by atoms with Crippen LogP contribution >= 0.6 is 11.6 Å². The number of fused-ring (bicyclic) bond motifs is 2. The Labute approximate surface area is 268 Å². The van der Waals surface area contributed by atoms with E-state index in [0.717, 1.165) is 70.9 Å². The number of hydrogen-bond donors (Lipinski definition) is 0. The molecule has 3 saturated heterocycles. The Hall–Kier alpha value is -3.91. The van der Waals surface area contributed by atoms with Gasteiger partial charge in [0.15, 0.2) is 6.10 Å². The van der Waals surface area contributed by atoms with Gasteiger partial charge < -0.3 is 29.1 Å². The largest absolute Gasteiger partial charge is 0.462 e. The highest BCUT2D eigenvalue weighted by molar-refractivity contribution is 6.36. The molecule has 4 aliphatic rings. The van der Waals surface area contributed by atoms with Crippen molar-refractivity contribution >= 4 is 39.8 Å². The van der Waals surface area contributed by atoms with E-state index in [1.54, 1.807) is 11.0 Å². The third-order valence-corrected chi connectivity index (χ3v) is 9.98. The van der Waals surface area contributed by atoms with Gasteiger partial charge >= 0.3 is 6.01 Å². The molecule has 0 unspecified atom stereocenters. The summed E-state index contributed by atoms with van der Waals surface area (Å²) in [5.74, 6) is 0.769. The number of ether oxygens (including phenoxy) is 2. The lowest BCUT2D eigenvalue weighted by Crippen LogP contribution is -2.57. The molecule has 4 aliphatic heterocycles. The molecule has 4 atom stereocenters. The van der Waals surface area contributed by atoms with Gasteiger partial charge in [0.05, 0.1) is 35.8 Å². The van der Waals surface area contributed by atoms with Crippen LogP contribution in [0.15, 0.2) is 49.1 Å². The summed E-state index contributed by atoms with van der Waals surface area (Å²) in [6, 6.07) is 15.0. The van der Waals surface area contributed by atoms with E-state index in [9.17, 15) is 10.1 Å². The smallest absolute Gasteiger partial charge is 0.318 e. The topological polar surface area (TPSA) is 101 Å². The molecule has 0 spiro atoms. The SMILES string of the molecule is C=C[C@@H]1O[C@H]1C(=O)N1CCN(c2nc(OC[C@@H]3CCCN3C)nc3c2CCN(c2cccc4cccc(Cl)c24)C3)C[C@@H]1CC#N. The molecule has 5 heterocycles. The Balaban J connectivity index is 1.19. The number of rotatable bonds is 8. The fourth-order valence-corrected chi connectivity index (χ4v) is 7.38. The summed E-state index contributed by atoms with van der Waals surface area (Å²) in [4.78, 5) is 31.9. The summed E-state index contributed by atoms with van der Waals surface area (Å²) < 4.78 is 11.8. The number of likely N-dealkylation sites (tertiary alicyclic amines) is 1. The Bertz CT molecular complexity index is 1660. The number of amides is 1. The third-order valence-electron chi connectivity index (χ3n) is 9.67. The van der Waals surface area contributed by atoms with Crippen molar-refractivity contribution in [2.24, 2.45) is 0 Å². The van der Waals surface area contributed by atoms with Crippen LogP contribution < -0.4 is 14.5 Å². The van der Waals surface area contributed by atoms with E-state index in [4.69, 9.17) is 31.0 Å². The second-order valence-corrected chi connectivity index (χ2v) is 12.8. The minimum absolute atomic E-state index is 0.0707. The number of hydrogen-bond acceptors (Lipinski definition) is 9. The van der Waals surface area contributed by atoms with Crippen molar-refractivity contribution in [1.29, 1.82) is 5.26 Å². The van der Waals surface area contributed by atoms with Crippen LogP contribution in [0.1, 0.15) is 30.5 Å². The van der Waals surface area contributed by atoms with E-state index in [2.05, 4.69) is 58.7 Å². The van der Waals surface area contributed by atoms with Gasteiger partial charge in [-0.1, -0.05) is 41.9 Å². The third kappa shape index (κ3) is 5.81. The minimum atomic E-state index is -0.496. The average molecular weight is 628 g/mol. The summed E-state index contributed by atoms with van der Waals surface area (Å²) in [6.45, 7) is 8.30. The number of nitrogens with zero attached hydrogens (tertiary/aromatic N) is 7. The van der Waals surface area contributed by atoms with Crippen molar-refractivity contribution in [1.82, 2.24) is 19.8 Å². The zero-order valence-corrected chi connectivity index (χ0v) is 26.3. The lowest BCUT2D eigenvalue weighted by molar-refractivity contribution is -0.135. The molecule has 0 bridgehead atoms. The van der Waals surface area contributed by atoms with Gasteiger partial charge in [0.25, 0.3) is 5.91 Å². The summed E-state index contributed by atoms with van der Waals surface area (Å²) in [5.41, 5.74) is 3.11. The van der Waals surface area contributed by atoms with Crippen molar-refractivity contribution < 1.29 is 14.3 Å². The van der Waals surface area contributed by atoms with E-state index in [1.807, 2.05) is 12.1 Å². The molecule has 11 heteroatoms. The highest BCUT2D eigenvalue weighted by atomic mass is 35.5. The number of halogens is 1. The van der Waals surface area contributed by atoms with Crippen molar-refractivity contribution in [3.05, 3.63) is 65.3 Å². The number of carbonyl (C=O) groups excluding carboxylic acids is 1. The number of nitriles is 1. The van der Waals surface area contributed by atoms with E-state index in [0.29, 0.717) is 44.8 Å². The van der Waals surface area contributed by atoms with E-state index in [-0.39, 0.29) is 24.5 Å². The lowest BCUT2D eigenvalue weighted by atomic mass is 10.0. The molecule has 1 aromatic heterocycles. The molecular weight excluding hydrogens is 590 g/mol. The molecule has 3 fully saturated rings. The molecular formula is C34H38ClN7O3. The van der Waals surface area contributed by atoms with Crippen LogP contribution in [0.25, 0.3) is 10.8 Å². The molecule has 1 amide bonds. The highest BCUT2D eigenvalue weighted by Crippen LogP contribution is 2.37. The molecule has 3 aromatic rings. The molecule has 2 aromatic carbocycles. The van der Waals surface area contributed by atoms with E-state index >= 15 is 0 Å². The zero-order chi connectivity index (χ0) is 31.1. The average Bonchev–Trinajstić information content (AvgIpc) is 3.74. The summed E-state index contributed by atoms with van der Waals surface area (Å²) in [7, 11) is 2.13. The first-order chi connectivity index (χ1) is 21.9. The van der Waals surface area contributed by atoms with Gasteiger partial charge in [-0.15, -0.1) is 6.58 Å². The van der Waals surface area contributed by atoms with Gasteiger partial charge in [0.1, 0.15) is 18.5 Å². The first kappa shape index (κ1) is 29.8. The molecule has 0 N–H and O–H groups in total. The first-order valence-corrected chi connectivity index (χ1v) is 16.2. The molecule has 234 valence electrons. The summed E-state index contributed by atoms with van der Waals surface area (Å²) >= 11 is 6.72. The van der Waals surface area contributed by atoms with Crippen LogP contribution in [0, 0.1) is 11.3 Å². The molecule has 7 rings (SSSR count). The molecule has 0 aliphatic carbocycles. The molecule has 10 nitrogen and oxygen atoms in total. The van der Waals surface area contributed by atoms with Crippen LogP contribution in [0.4, 0.5) is 11.5 Å². The Kier molecular flexibility index (Phi) is 8.25. The van der Waals surface area contributed by atoms with Crippen molar-refractivity contribution in [3.8, 4) is 12.1 Å². The van der Waals surface area contributed by atoms with Crippen molar-refractivity contribution in [2.45, 2.75) is 56.5 Å². The number of aromatic nitrogens is 2. The van der Waals surface area contributed by atoms with Crippen LogP contribution in [0.2, 0.25) is 5.02 Å². The Morgan fingerprint density at radius 3 is 2.76 bits per heavy atom. The van der Waals surface area contributed by atoms with Crippen LogP contribution in [0.3, 0.4) is 0 Å². The van der Waals surface area contributed by atoms with E-state index < -0.39 is 6.10 Å². The number of likely N-dealkylation sites (N-methyl/N-ethyl adjacent to an activating group) is 1. The predicted octanol–water partition coefficient (Wildman–Crippen LogP) is 4.20. The van der Waals surface area contributed by atoms with Gasteiger partial charge in [0, 0.05) is 48.9 Å². The fourth-order valence-electron chi connectivity index (χ4n) is 7.10. The van der Waals surface area contributed by atoms with Gasteiger partial charge in [-0.3, -0.25) is 4.79 Å². The maximum atomic E-state index is 13.2. The predicted molar refractivity (Wildman–Crippen MR) is 174 cm³/mol. The second-order valence-electron chi connectivity index (χ2n) is 12.4. The number of epoxide rings is 1. The van der Waals surface area contributed by atoms with Crippen molar-refractivity contribution in [3.63, 3.8) is 0 Å². The Morgan fingerprint density at radius 2 is 2.00 bits per heavy atom. The zero-order valence-electron chi connectivity index (χ0n) is 25.6. The molecule has 0 radical (unpaired) electrons. The van der Waals surface area contributed by atoms with Crippen LogP contribution in [-0.4, -0.2) is 96.3 Å². The number of benzene rings is 2.